The Balaban J connectivity index is 1.14. The van der Waals surface area contributed by atoms with Crippen molar-refractivity contribution >= 4 is 92.9 Å². The lowest BCUT2D eigenvalue weighted by atomic mass is 9.67. The van der Waals surface area contributed by atoms with Crippen molar-refractivity contribution < 1.29 is 0 Å². The van der Waals surface area contributed by atoms with E-state index in [0.717, 1.165) is 11.4 Å². The highest BCUT2D eigenvalue weighted by Gasteiger charge is 2.51. The Labute approximate surface area is 372 Å². The maximum atomic E-state index is 2.59. The molecule has 12 aromatic rings. The van der Waals surface area contributed by atoms with E-state index in [9.17, 15) is 0 Å². The summed E-state index contributed by atoms with van der Waals surface area (Å²) in [6.45, 7) is 0. The van der Waals surface area contributed by atoms with Crippen molar-refractivity contribution in [3.05, 3.63) is 241 Å². The molecule has 2 aromatic heterocycles. The van der Waals surface area contributed by atoms with E-state index in [-0.39, 0.29) is 0 Å². The van der Waals surface area contributed by atoms with E-state index in [1.54, 1.807) is 0 Å². The molecule has 0 bridgehead atoms. The third-order valence-electron chi connectivity index (χ3n) is 13.6. The van der Waals surface area contributed by atoms with Crippen LogP contribution in [0.15, 0.2) is 228 Å². The number of para-hydroxylation sites is 2. The molecule has 1 spiro atoms. The first-order valence-electron chi connectivity index (χ1n) is 21.6. The van der Waals surface area contributed by atoms with Crippen LogP contribution in [-0.2, 0) is 5.41 Å². The van der Waals surface area contributed by atoms with Gasteiger partial charge in [-0.25, -0.2) is 0 Å². The first-order chi connectivity index (χ1) is 31.3. The molecule has 0 radical (unpaired) electrons. The van der Waals surface area contributed by atoms with E-state index in [1.165, 1.54) is 107 Å². The van der Waals surface area contributed by atoms with Crippen LogP contribution in [0.5, 0.6) is 0 Å². The van der Waals surface area contributed by atoms with Gasteiger partial charge >= 0.3 is 0 Å². The zero-order chi connectivity index (χ0) is 41.2. The molecule has 0 amide bonds. The van der Waals surface area contributed by atoms with Crippen LogP contribution in [0.25, 0.3) is 69.6 Å². The second-order valence-electron chi connectivity index (χ2n) is 16.7. The molecular weight excluding hydrogens is 801 g/mol. The summed E-state index contributed by atoms with van der Waals surface area (Å²) in [5, 5.41) is 7.55. The fraction of sp³-hybridized carbons (Fsp3) is 0.0169. The molecule has 14 rings (SSSR count). The minimum atomic E-state index is -0.522. The Hall–Kier alpha value is -7.37. The molecular formula is C59H36N2S2. The van der Waals surface area contributed by atoms with Gasteiger partial charge in [-0.3, -0.25) is 0 Å². The maximum absolute atomic E-state index is 2.59. The Morgan fingerprint density at radius 2 is 1.02 bits per heavy atom. The highest BCUT2D eigenvalue weighted by molar-refractivity contribution is 7.99. The number of anilines is 3. The van der Waals surface area contributed by atoms with Gasteiger partial charge in [0.15, 0.2) is 0 Å². The van der Waals surface area contributed by atoms with Gasteiger partial charge in [0, 0.05) is 53.0 Å². The summed E-state index contributed by atoms with van der Waals surface area (Å²) in [4.78, 5) is 5.20. The lowest BCUT2D eigenvalue weighted by molar-refractivity contribution is 0.723. The summed E-state index contributed by atoms with van der Waals surface area (Å²) in [7, 11) is 0. The number of thiophene rings is 1. The van der Waals surface area contributed by atoms with Crippen molar-refractivity contribution in [2.24, 2.45) is 0 Å². The van der Waals surface area contributed by atoms with Crippen LogP contribution in [0, 0.1) is 0 Å². The molecule has 10 aromatic carbocycles. The first-order valence-corrected chi connectivity index (χ1v) is 23.2. The van der Waals surface area contributed by atoms with Gasteiger partial charge in [-0.2, -0.15) is 0 Å². The van der Waals surface area contributed by atoms with Crippen LogP contribution in [0.3, 0.4) is 0 Å². The smallest absolute Gasteiger partial charge is 0.0736 e. The standard InChI is InChI=1S/C59H36N2S2/c1-2-17-38(18-3-1)60-49-26-10-6-20-41(49)44-36-39(33-35-50(44)60)61(52-28-14-22-43-42-21-7-11-29-53(42)63-58(43)52)51-27-15-25-47-57(51)56-40-19-5-4-16-37(40)32-34-48(56)59(47)45-23-8-12-30-54(45)62-55-31-13-9-24-46(55)59/h1-36H. The van der Waals surface area contributed by atoms with E-state index in [1.807, 2.05) is 23.1 Å². The quantitative estimate of drug-likeness (QED) is 0.174. The van der Waals surface area contributed by atoms with Gasteiger partial charge in [0.25, 0.3) is 0 Å². The minimum Gasteiger partial charge on any atom is -0.309 e. The summed E-state index contributed by atoms with van der Waals surface area (Å²) >= 11 is 3.78. The van der Waals surface area contributed by atoms with E-state index in [0.29, 0.717) is 0 Å². The molecule has 63 heavy (non-hydrogen) atoms. The fourth-order valence-corrected chi connectivity index (χ4v) is 13.5. The molecule has 0 saturated carbocycles. The number of hydrogen-bond acceptors (Lipinski definition) is 3. The predicted octanol–water partition coefficient (Wildman–Crippen LogP) is 16.6. The molecule has 4 heteroatoms. The van der Waals surface area contributed by atoms with Gasteiger partial charge in [0.05, 0.1) is 32.5 Å². The van der Waals surface area contributed by atoms with Crippen LogP contribution in [0.2, 0.25) is 0 Å². The normalized spacial score (nSPS) is 13.5. The number of nitrogens with zero attached hydrogens (tertiary/aromatic N) is 2. The number of aromatic nitrogens is 1. The molecule has 294 valence electrons. The van der Waals surface area contributed by atoms with Crippen LogP contribution < -0.4 is 4.90 Å². The zero-order valence-corrected chi connectivity index (χ0v) is 35.6. The van der Waals surface area contributed by atoms with Crippen molar-refractivity contribution in [3.8, 4) is 16.8 Å². The van der Waals surface area contributed by atoms with Crippen LogP contribution in [0.4, 0.5) is 17.1 Å². The zero-order valence-electron chi connectivity index (χ0n) is 34.0. The molecule has 2 aliphatic rings. The van der Waals surface area contributed by atoms with E-state index >= 15 is 0 Å². The van der Waals surface area contributed by atoms with Crippen molar-refractivity contribution in [1.82, 2.24) is 4.57 Å². The SMILES string of the molecule is c1ccc(-n2c3ccccc3c3cc(N(c4cccc5c4-c4c(ccc6ccccc46)C54c5ccccc5Sc5ccccc54)c4cccc5c4sc4ccccc45)ccc32)cc1. The van der Waals surface area contributed by atoms with Crippen molar-refractivity contribution in [2.45, 2.75) is 15.2 Å². The van der Waals surface area contributed by atoms with Gasteiger partial charge in [-0.1, -0.05) is 163 Å². The third-order valence-corrected chi connectivity index (χ3v) is 16.0. The minimum absolute atomic E-state index is 0.522. The largest absolute Gasteiger partial charge is 0.309 e. The molecule has 0 N–H and O–H groups in total. The summed E-state index contributed by atoms with van der Waals surface area (Å²) in [6.07, 6.45) is 0. The monoisotopic (exact) mass is 836 g/mol. The lowest BCUT2D eigenvalue weighted by Gasteiger charge is -2.39. The third kappa shape index (κ3) is 4.80. The Kier molecular flexibility index (Phi) is 7.45. The van der Waals surface area contributed by atoms with Crippen LogP contribution in [-0.4, -0.2) is 4.57 Å². The molecule has 0 saturated heterocycles. The van der Waals surface area contributed by atoms with Gasteiger partial charge in [-0.05, 0) is 105 Å². The van der Waals surface area contributed by atoms with Crippen LogP contribution >= 0.6 is 23.1 Å². The average Bonchev–Trinajstić information content (AvgIpc) is 3.99. The fourth-order valence-electron chi connectivity index (χ4n) is 11.1. The number of rotatable bonds is 4. The van der Waals surface area contributed by atoms with Crippen molar-refractivity contribution in [3.63, 3.8) is 0 Å². The maximum Gasteiger partial charge on any atom is 0.0736 e. The first kappa shape index (κ1) is 35.2. The van der Waals surface area contributed by atoms with Gasteiger partial charge in [0.1, 0.15) is 0 Å². The summed E-state index contributed by atoms with van der Waals surface area (Å²) in [5.74, 6) is 0. The highest BCUT2D eigenvalue weighted by Crippen LogP contribution is 2.65. The van der Waals surface area contributed by atoms with Gasteiger partial charge in [0.2, 0.25) is 0 Å². The van der Waals surface area contributed by atoms with E-state index in [2.05, 4.69) is 228 Å². The van der Waals surface area contributed by atoms with Crippen molar-refractivity contribution in [1.29, 1.82) is 0 Å². The molecule has 0 unspecified atom stereocenters. The molecule has 1 aliphatic heterocycles. The molecule has 1 aliphatic carbocycles. The molecule has 0 fully saturated rings. The topological polar surface area (TPSA) is 8.17 Å². The van der Waals surface area contributed by atoms with Crippen molar-refractivity contribution in [2.75, 3.05) is 4.90 Å². The number of benzene rings is 10. The molecule has 2 nitrogen and oxygen atoms in total. The summed E-state index contributed by atoms with van der Waals surface area (Å²) in [5.41, 5.74) is 14.4. The lowest BCUT2D eigenvalue weighted by Crippen LogP contribution is -2.32. The van der Waals surface area contributed by atoms with E-state index in [4.69, 9.17) is 0 Å². The highest BCUT2D eigenvalue weighted by atomic mass is 32.2. The Morgan fingerprint density at radius 1 is 0.397 bits per heavy atom. The molecule has 3 heterocycles. The van der Waals surface area contributed by atoms with E-state index < -0.39 is 5.41 Å². The summed E-state index contributed by atoms with van der Waals surface area (Å²) < 4.78 is 4.98. The average molecular weight is 837 g/mol. The Bertz CT molecular complexity index is 3810. The summed E-state index contributed by atoms with van der Waals surface area (Å²) in [6, 6.07) is 81.6. The number of fused-ring (bicyclic) bond motifs is 17. The molecule has 0 atom stereocenters. The second-order valence-corrected chi connectivity index (χ2v) is 18.9. The predicted molar refractivity (Wildman–Crippen MR) is 267 cm³/mol. The van der Waals surface area contributed by atoms with Gasteiger partial charge in [-0.15, -0.1) is 11.3 Å². The Morgan fingerprint density at radius 3 is 1.86 bits per heavy atom. The van der Waals surface area contributed by atoms with Gasteiger partial charge < -0.3 is 9.47 Å². The second kappa shape index (κ2) is 13.3. The van der Waals surface area contributed by atoms with Crippen LogP contribution in [0.1, 0.15) is 22.3 Å². The number of hydrogen-bond donors (Lipinski definition) is 0.